The van der Waals surface area contributed by atoms with Gasteiger partial charge in [-0.05, 0) is 38.3 Å². The maximum atomic E-state index is 6.02. The molecular formula is C13H19ClN4O. The fourth-order valence-electron chi connectivity index (χ4n) is 2.74. The molecule has 0 spiro atoms. The lowest BCUT2D eigenvalue weighted by atomic mass is 10.2. The molecule has 2 atom stereocenters. The Labute approximate surface area is 118 Å². The van der Waals surface area contributed by atoms with Crippen LogP contribution in [0.4, 0.5) is 11.6 Å². The van der Waals surface area contributed by atoms with E-state index in [4.69, 9.17) is 16.3 Å². The molecule has 3 heterocycles. The van der Waals surface area contributed by atoms with Gasteiger partial charge in [0.2, 0.25) is 5.28 Å². The second-order valence-corrected chi connectivity index (χ2v) is 5.88. The molecule has 2 unspecified atom stereocenters. The smallest absolute Gasteiger partial charge is 0.226 e. The van der Waals surface area contributed by atoms with Gasteiger partial charge in [-0.3, -0.25) is 0 Å². The van der Waals surface area contributed by atoms with Crippen molar-refractivity contribution in [3.05, 3.63) is 11.3 Å². The summed E-state index contributed by atoms with van der Waals surface area (Å²) in [5.41, 5.74) is 0. The minimum atomic E-state index is 0.291. The molecule has 2 aliphatic heterocycles. The van der Waals surface area contributed by atoms with E-state index in [1.165, 1.54) is 0 Å². The molecule has 19 heavy (non-hydrogen) atoms. The predicted molar refractivity (Wildman–Crippen MR) is 75.9 cm³/mol. The van der Waals surface area contributed by atoms with Crippen molar-refractivity contribution in [2.45, 2.75) is 44.9 Å². The van der Waals surface area contributed by atoms with E-state index in [9.17, 15) is 0 Å². The summed E-state index contributed by atoms with van der Waals surface area (Å²) in [5.74, 6) is 1.67. The summed E-state index contributed by atoms with van der Waals surface area (Å²) in [6, 6.07) is 2.29. The number of nitrogens with one attached hydrogen (secondary N) is 1. The van der Waals surface area contributed by atoms with Gasteiger partial charge in [-0.2, -0.15) is 0 Å². The van der Waals surface area contributed by atoms with Crippen LogP contribution >= 0.6 is 11.6 Å². The van der Waals surface area contributed by atoms with E-state index in [0.29, 0.717) is 23.5 Å². The second-order valence-electron chi connectivity index (χ2n) is 5.54. The topological polar surface area (TPSA) is 50.3 Å². The Morgan fingerprint density at radius 1 is 1.32 bits per heavy atom. The first kappa shape index (κ1) is 12.9. The monoisotopic (exact) mass is 282 g/mol. The Bertz CT molecular complexity index is 456. The van der Waals surface area contributed by atoms with Gasteiger partial charge in [0.1, 0.15) is 11.6 Å². The Hall–Kier alpha value is -1.07. The molecule has 104 valence electrons. The highest BCUT2D eigenvalue weighted by atomic mass is 35.5. The molecule has 1 aromatic rings. The lowest BCUT2D eigenvalue weighted by Gasteiger charge is -2.33. The van der Waals surface area contributed by atoms with Gasteiger partial charge in [-0.15, -0.1) is 0 Å². The van der Waals surface area contributed by atoms with E-state index >= 15 is 0 Å². The zero-order valence-corrected chi connectivity index (χ0v) is 12.0. The number of anilines is 2. The first-order valence-corrected chi connectivity index (χ1v) is 7.19. The van der Waals surface area contributed by atoms with Crippen LogP contribution in [0.2, 0.25) is 5.28 Å². The minimum Gasteiger partial charge on any atom is -0.371 e. The molecule has 1 aromatic heterocycles. The van der Waals surface area contributed by atoms with Crippen molar-refractivity contribution in [3.8, 4) is 0 Å². The van der Waals surface area contributed by atoms with Crippen molar-refractivity contribution in [1.82, 2.24) is 9.97 Å². The molecule has 5 nitrogen and oxygen atoms in total. The lowest BCUT2D eigenvalue weighted by Crippen LogP contribution is -2.43. The van der Waals surface area contributed by atoms with Crippen LogP contribution in [0.25, 0.3) is 0 Å². The van der Waals surface area contributed by atoms with Crippen molar-refractivity contribution >= 4 is 23.2 Å². The van der Waals surface area contributed by atoms with Crippen LogP contribution in [0.5, 0.6) is 0 Å². The van der Waals surface area contributed by atoms with E-state index in [0.717, 1.165) is 37.6 Å². The van der Waals surface area contributed by atoms with E-state index in [1.807, 2.05) is 6.07 Å². The quantitative estimate of drug-likeness (QED) is 0.862. The fraction of sp³-hybridized carbons (Fsp3) is 0.692. The molecule has 0 aliphatic carbocycles. The van der Waals surface area contributed by atoms with Gasteiger partial charge in [0.05, 0.1) is 12.2 Å². The number of ether oxygens (including phenoxy) is 1. The number of fused-ring (bicyclic) bond motifs is 2. The molecule has 0 radical (unpaired) electrons. The Morgan fingerprint density at radius 3 is 2.63 bits per heavy atom. The summed E-state index contributed by atoms with van der Waals surface area (Å²) in [7, 11) is 0. The maximum Gasteiger partial charge on any atom is 0.226 e. The van der Waals surface area contributed by atoms with Gasteiger partial charge in [-0.1, -0.05) is 0 Å². The Kier molecular flexibility index (Phi) is 3.50. The van der Waals surface area contributed by atoms with E-state index < -0.39 is 0 Å². The number of hydrogen-bond donors (Lipinski definition) is 1. The number of morpholine rings is 1. The average molecular weight is 283 g/mol. The van der Waals surface area contributed by atoms with Crippen LogP contribution in [-0.4, -0.2) is 41.3 Å². The Morgan fingerprint density at radius 2 is 2.00 bits per heavy atom. The number of hydrogen-bond acceptors (Lipinski definition) is 5. The number of halogens is 1. The molecule has 2 aliphatic rings. The normalized spacial score (nSPS) is 26.0. The average Bonchev–Trinajstić information content (AvgIpc) is 2.66. The third-order valence-electron chi connectivity index (χ3n) is 3.49. The van der Waals surface area contributed by atoms with Crippen molar-refractivity contribution in [3.63, 3.8) is 0 Å². The van der Waals surface area contributed by atoms with Gasteiger partial charge in [0, 0.05) is 25.2 Å². The summed E-state index contributed by atoms with van der Waals surface area (Å²) in [4.78, 5) is 10.8. The summed E-state index contributed by atoms with van der Waals surface area (Å²) in [5, 5.41) is 3.56. The minimum absolute atomic E-state index is 0.291. The van der Waals surface area contributed by atoms with Gasteiger partial charge in [0.15, 0.2) is 0 Å². The number of aromatic nitrogens is 2. The standard InChI is InChI=1S/C13H19ClN4O/c1-8(2)15-11-5-12(17-13(14)16-11)18-6-9-3-4-10(7-18)19-9/h5,8-10H,3-4,6-7H2,1-2H3,(H,15,16,17). The number of nitrogens with zero attached hydrogens (tertiary/aromatic N) is 3. The number of rotatable bonds is 3. The molecule has 1 N–H and O–H groups in total. The summed E-state index contributed by atoms with van der Waals surface area (Å²) in [6.07, 6.45) is 2.98. The van der Waals surface area contributed by atoms with Gasteiger partial charge in [0.25, 0.3) is 0 Å². The van der Waals surface area contributed by atoms with Crippen molar-refractivity contribution in [2.24, 2.45) is 0 Å². The van der Waals surface area contributed by atoms with E-state index in [1.54, 1.807) is 0 Å². The summed E-state index contributed by atoms with van der Waals surface area (Å²) >= 11 is 6.02. The molecule has 6 heteroatoms. The van der Waals surface area contributed by atoms with Crippen LogP contribution in [0.3, 0.4) is 0 Å². The van der Waals surface area contributed by atoms with Crippen molar-refractivity contribution in [1.29, 1.82) is 0 Å². The van der Waals surface area contributed by atoms with E-state index in [-0.39, 0.29) is 0 Å². The molecule has 2 saturated heterocycles. The van der Waals surface area contributed by atoms with Crippen LogP contribution in [0.1, 0.15) is 26.7 Å². The first-order valence-electron chi connectivity index (χ1n) is 6.81. The third kappa shape index (κ3) is 2.92. The highest BCUT2D eigenvalue weighted by Gasteiger charge is 2.34. The summed E-state index contributed by atoms with van der Waals surface area (Å²) in [6.45, 7) is 5.94. The zero-order valence-electron chi connectivity index (χ0n) is 11.3. The van der Waals surface area contributed by atoms with Crippen LogP contribution in [-0.2, 0) is 4.74 Å². The van der Waals surface area contributed by atoms with Crippen molar-refractivity contribution < 1.29 is 4.74 Å². The highest BCUT2D eigenvalue weighted by molar-refractivity contribution is 6.28. The zero-order chi connectivity index (χ0) is 13.4. The molecule has 3 rings (SSSR count). The van der Waals surface area contributed by atoms with Crippen LogP contribution in [0, 0.1) is 0 Å². The van der Waals surface area contributed by atoms with Crippen LogP contribution < -0.4 is 10.2 Å². The lowest BCUT2D eigenvalue weighted by molar-refractivity contribution is 0.0302. The molecule has 0 amide bonds. The fourth-order valence-corrected chi connectivity index (χ4v) is 2.92. The molecule has 2 bridgehead atoms. The van der Waals surface area contributed by atoms with Gasteiger partial charge >= 0.3 is 0 Å². The molecule has 0 aromatic carbocycles. The van der Waals surface area contributed by atoms with Crippen LogP contribution in [0.15, 0.2) is 6.07 Å². The Balaban J connectivity index is 1.81. The molecule has 0 saturated carbocycles. The van der Waals surface area contributed by atoms with Crippen molar-refractivity contribution in [2.75, 3.05) is 23.3 Å². The predicted octanol–water partition coefficient (Wildman–Crippen LogP) is 2.32. The second kappa shape index (κ2) is 5.13. The van der Waals surface area contributed by atoms with Gasteiger partial charge < -0.3 is 15.0 Å². The van der Waals surface area contributed by atoms with E-state index in [2.05, 4.69) is 34.0 Å². The SMILES string of the molecule is CC(C)Nc1cc(N2CC3CCC(C2)O3)nc(Cl)n1. The maximum absolute atomic E-state index is 6.02. The third-order valence-corrected chi connectivity index (χ3v) is 3.66. The highest BCUT2D eigenvalue weighted by Crippen LogP contribution is 2.30. The largest absolute Gasteiger partial charge is 0.371 e. The van der Waals surface area contributed by atoms with Gasteiger partial charge in [-0.25, -0.2) is 9.97 Å². The molecular weight excluding hydrogens is 264 g/mol. The summed E-state index contributed by atoms with van der Waals surface area (Å²) < 4.78 is 5.84. The first-order chi connectivity index (χ1) is 9.10. The molecule has 2 fully saturated rings.